The van der Waals surface area contributed by atoms with Crippen molar-refractivity contribution in [2.45, 2.75) is 25.7 Å². The average molecular weight is 428 g/mol. The SMILES string of the molecule is CCN(CC)S(=O)(=O)c1cc(NC(=O)CNc2ccc(Cl)cc2F)ccc1C. The lowest BCUT2D eigenvalue weighted by Crippen LogP contribution is -2.31. The third kappa shape index (κ3) is 5.21. The Bertz CT molecular complexity index is 963. The van der Waals surface area contributed by atoms with Crippen molar-refractivity contribution in [3.8, 4) is 0 Å². The summed E-state index contributed by atoms with van der Waals surface area (Å²) in [7, 11) is -3.65. The lowest BCUT2D eigenvalue weighted by Gasteiger charge is -2.20. The molecule has 2 aromatic rings. The average Bonchev–Trinajstić information content (AvgIpc) is 2.63. The molecule has 0 aromatic heterocycles. The molecule has 6 nitrogen and oxygen atoms in total. The molecule has 0 heterocycles. The number of hydrogen-bond acceptors (Lipinski definition) is 4. The number of carbonyl (C=O) groups is 1. The summed E-state index contributed by atoms with van der Waals surface area (Å²) in [5, 5.41) is 5.56. The highest BCUT2D eigenvalue weighted by molar-refractivity contribution is 7.89. The molecule has 0 bridgehead atoms. The largest absolute Gasteiger partial charge is 0.374 e. The number of sulfonamides is 1. The van der Waals surface area contributed by atoms with E-state index < -0.39 is 21.7 Å². The summed E-state index contributed by atoms with van der Waals surface area (Å²) in [5.74, 6) is -1.01. The van der Waals surface area contributed by atoms with Gasteiger partial charge in [0.1, 0.15) is 5.82 Å². The third-order valence-corrected chi connectivity index (χ3v) is 6.59. The number of aryl methyl sites for hydroxylation is 1. The maximum Gasteiger partial charge on any atom is 0.243 e. The van der Waals surface area contributed by atoms with Crippen molar-refractivity contribution in [2.24, 2.45) is 0 Å². The zero-order valence-corrected chi connectivity index (χ0v) is 17.5. The van der Waals surface area contributed by atoms with Gasteiger partial charge in [-0.05, 0) is 42.8 Å². The van der Waals surface area contributed by atoms with Gasteiger partial charge < -0.3 is 10.6 Å². The first-order valence-electron chi connectivity index (χ1n) is 8.78. The molecule has 2 aromatic carbocycles. The first-order valence-corrected chi connectivity index (χ1v) is 10.6. The second-order valence-corrected chi connectivity index (χ2v) is 8.44. The van der Waals surface area contributed by atoms with Crippen molar-refractivity contribution in [2.75, 3.05) is 30.3 Å². The predicted octanol–water partition coefficient (Wildman–Crippen LogP) is 3.87. The van der Waals surface area contributed by atoms with Gasteiger partial charge in [0.05, 0.1) is 17.1 Å². The Kier molecular flexibility index (Phi) is 7.40. The van der Waals surface area contributed by atoms with Crippen LogP contribution < -0.4 is 10.6 Å². The van der Waals surface area contributed by atoms with Crippen LogP contribution in [0.15, 0.2) is 41.3 Å². The van der Waals surface area contributed by atoms with Crippen LogP contribution in [0.4, 0.5) is 15.8 Å². The van der Waals surface area contributed by atoms with Gasteiger partial charge in [0, 0.05) is 23.8 Å². The number of nitrogens with zero attached hydrogens (tertiary/aromatic N) is 1. The zero-order valence-electron chi connectivity index (χ0n) is 15.9. The molecule has 2 N–H and O–H groups in total. The monoisotopic (exact) mass is 427 g/mol. The van der Waals surface area contributed by atoms with Crippen LogP contribution in [0.5, 0.6) is 0 Å². The van der Waals surface area contributed by atoms with Gasteiger partial charge in [-0.3, -0.25) is 4.79 Å². The molecule has 0 aliphatic rings. The predicted molar refractivity (Wildman–Crippen MR) is 110 cm³/mol. The van der Waals surface area contributed by atoms with Crippen LogP contribution >= 0.6 is 11.6 Å². The van der Waals surface area contributed by atoms with E-state index >= 15 is 0 Å². The minimum absolute atomic E-state index is 0.144. The first-order chi connectivity index (χ1) is 13.2. The molecule has 0 atom stereocenters. The Labute approximate surface area is 169 Å². The van der Waals surface area contributed by atoms with Crippen LogP contribution in [0.25, 0.3) is 0 Å². The molecule has 0 saturated carbocycles. The number of amides is 1. The van der Waals surface area contributed by atoms with Gasteiger partial charge >= 0.3 is 0 Å². The number of rotatable bonds is 8. The molecule has 0 saturated heterocycles. The van der Waals surface area contributed by atoms with Crippen LogP contribution in [-0.2, 0) is 14.8 Å². The summed E-state index contributed by atoms with van der Waals surface area (Å²) >= 11 is 5.69. The summed E-state index contributed by atoms with van der Waals surface area (Å²) in [5.41, 5.74) is 1.08. The number of hydrogen-bond donors (Lipinski definition) is 2. The Hall–Kier alpha value is -2.16. The van der Waals surface area contributed by atoms with Crippen LogP contribution in [0.1, 0.15) is 19.4 Å². The van der Waals surface area contributed by atoms with Crippen LogP contribution in [0, 0.1) is 12.7 Å². The molecule has 152 valence electrons. The molecule has 1 amide bonds. The second kappa shape index (κ2) is 9.36. The lowest BCUT2D eigenvalue weighted by atomic mass is 10.2. The maximum absolute atomic E-state index is 13.7. The Balaban J connectivity index is 2.13. The number of nitrogens with one attached hydrogen (secondary N) is 2. The molecular weight excluding hydrogens is 405 g/mol. The van der Waals surface area contributed by atoms with E-state index in [0.717, 1.165) is 6.07 Å². The highest BCUT2D eigenvalue weighted by Gasteiger charge is 2.24. The lowest BCUT2D eigenvalue weighted by molar-refractivity contribution is -0.114. The van der Waals surface area contributed by atoms with E-state index in [1.807, 2.05) is 0 Å². The van der Waals surface area contributed by atoms with Crippen LogP contribution in [-0.4, -0.2) is 38.3 Å². The van der Waals surface area contributed by atoms with Gasteiger partial charge in [-0.1, -0.05) is 31.5 Å². The molecule has 0 spiro atoms. The number of halogens is 2. The molecule has 0 unspecified atom stereocenters. The Morgan fingerprint density at radius 2 is 1.82 bits per heavy atom. The summed E-state index contributed by atoms with van der Waals surface area (Å²) in [6.07, 6.45) is 0. The fraction of sp³-hybridized carbons (Fsp3) is 0.316. The second-order valence-electron chi connectivity index (χ2n) is 6.10. The van der Waals surface area contributed by atoms with Crippen molar-refractivity contribution in [1.82, 2.24) is 4.31 Å². The third-order valence-electron chi connectivity index (χ3n) is 4.17. The van der Waals surface area contributed by atoms with Crippen LogP contribution in [0.3, 0.4) is 0 Å². The molecule has 2 rings (SSSR count). The minimum Gasteiger partial charge on any atom is -0.374 e. The molecule has 28 heavy (non-hydrogen) atoms. The van der Waals surface area contributed by atoms with Gasteiger partial charge in [0.15, 0.2) is 0 Å². The van der Waals surface area contributed by atoms with Gasteiger partial charge in [0.25, 0.3) is 0 Å². The first kappa shape index (κ1) is 22.1. The Morgan fingerprint density at radius 1 is 1.14 bits per heavy atom. The van der Waals surface area contributed by atoms with Crippen molar-refractivity contribution in [1.29, 1.82) is 0 Å². The highest BCUT2D eigenvalue weighted by Crippen LogP contribution is 2.24. The summed E-state index contributed by atoms with van der Waals surface area (Å²) < 4.78 is 40.7. The van der Waals surface area contributed by atoms with Crippen molar-refractivity contribution in [3.05, 3.63) is 52.8 Å². The number of benzene rings is 2. The fourth-order valence-electron chi connectivity index (χ4n) is 2.67. The smallest absolute Gasteiger partial charge is 0.243 e. The normalized spacial score (nSPS) is 11.5. The number of anilines is 2. The highest BCUT2D eigenvalue weighted by atomic mass is 35.5. The molecule has 9 heteroatoms. The fourth-order valence-corrected chi connectivity index (χ4v) is 4.54. The van der Waals surface area contributed by atoms with E-state index in [0.29, 0.717) is 24.3 Å². The standard InChI is InChI=1S/C19H23ClFN3O3S/c1-4-24(5-2)28(26,27)18-11-15(8-6-13(18)3)23-19(25)12-22-17-9-7-14(20)10-16(17)21/h6-11,22H,4-5,12H2,1-3H3,(H,23,25). The molecule has 0 radical (unpaired) electrons. The summed E-state index contributed by atoms with van der Waals surface area (Å²) in [6.45, 7) is 5.75. The summed E-state index contributed by atoms with van der Waals surface area (Å²) in [4.78, 5) is 12.3. The van der Waals surface area contributed by atoms with E-state index in [9.17, 15) is 17.6 Å². The van der Waals surface area contributed by atoms with E-state index in [4.69, 9.17) is 11.6 Å². The molecular formula is C19H23ClFN3O3S. The quantitative estimate of drug-likeness (QED) is 0.670. The van der Waals surface area contributed by atoms with Crippen molar-refractivity contribution in [3.63, 3.8) is 0 Å². The van der Waals surface area contributed by atoms with E-state index in [-0.39, 0.29) is 22.2 Å². The minimum atomic E-state index is -3.65. The summed E-state index contributed by atoms with van der Waals surface area (Å²) in [6, 6.07) is 8.78. The van der Waals surface area contributed by atoms with Gasteiger partial charge in [-0.15, -0.1) is 0 Å². The van der Waals surface area contributed by atoms with E-state index in [1.165, 1.54) is 22.5 Å². The van der Waals surface area contributed by atoms with E-state index in [2.05, 4.69) is 10.6 Å². The molecule has 0 fully saturated rings. The van der Waals surface area contributed by atoms with Crippen molar-refractivity contribution < 1.29 is 17.6 Å². The number of carbonyl (C=O) groups excluding carboxylic acids is 1. The van der Waals surface area contributed by atoms with Crippen LogP contribution in [0.2, 0.25) is 5.02 Å². The molecule has 0 aliphatic carbocycles. The van der Waals surface area contributed by atoms with Gasteiger partial charge in [-0.25, -0.2) is 12.8 Å². The maximum atomic E-state index is 13.7. The topological polar surface area (TPSA) is 78.5 Å². The van der Waals surface area contributed by atoms with E-state index in [1.54, 1.807) is 32.9 Å². The van der Waals surface area contributed by atoms with Gasteiger partial charge in [-0.2, -0.15) is 4.31 Å². The molecule has 0 aliphatic heterocycles. The van der Waals surface area contributed by atoms with Gasteiger partial charge in [0.2, 0.25) is 15.9 Å². The Morgan fingerprint density at radius 3 is 2.43 bits per heavy atom. The zero-order chi connectivity index (χ0) is 20.9. The van der Waals surface area contributed by atoms with Crippen molar-refractivity contribution >= 4 is 38.9 Å².